The zero-order valence-corrected chi connectivity index (χ0v) is 11.6. The molecule has 0 saturated heterocycles. The summed E-state index contributed by atoms with van der Waals surface area (Å²) in [6.45, 7) is 4.50. The lowest BCUT2D eigenvalue weighted by Gasteiger charge is -2.15. The van der Waals surface area contributed by atoms with Crippen LogP contribution in [0.3, 0.4) is 0 Å². The molecule has 3 rings (SSSR count). The molecule has 0 unspecified atom stereocenters. The number of benzene rings is 1. The minimum atomic E-state index is 0.224. The lowest BCUT2D eigenvalue weighted by atomic mass is 10.0. The van der Waals surface area contributed by atoms with Crippen molar-refractivity contribution in [2.45, 2.75) is 39.2 Å². The zero-order valence-electron chi connectivity index (χ0n) is 11.6. The Morgan fingerprint density at radius 1 is 1.37 bits per heavy atom. The standard InChI is InChI=1S/C16H23NO2/c1-2-19-15-9-12(3-6-14(15)18)10-17-11-16(7-8-16)13-4-5-13/h3,6,9,13,17-18H,2,4-5,7-8,10-11H2,1H3. The van der Waals surface area contributed by atoms with Crippen molar-refractivity contribution in [1.29, 1.82) is 0 Å². The van der Waals surface area contributed by atoms with Gasteiger partial charge in [-0.3, -0.25) is 0 Å². The second-order valence-corrected chi connectivity index (χ2v) is 5.98. The van der Waals surface area contributed by atoms with E-state index in [0.717, 1.165) is 19.0 Å². The van der Waals surface area contributed by atoms with Gasteiger partial charge in [0.2, 0.25) is 0 Å². The average Bonchev–Trinajstić information content (AvgIpc) is 3.26. The molecule has 2 N–H and O–H groups in total. The highest BCUT2D eigenvalue weighted by atomic mass is 16.5. The fourth-order valence-electron chi connectivity index (χ4n) is 2.98. The Balaban J connectivity index is 1.53. The summed E-state index contributed by atoms with van der Waals surface area (Å²) in [5.74, 6) is 1.81. The Morgan fingerprint density at radius 2 is 2.16 bits per heavy atom. The van der Waals surface area contributed by atoms with Crippen molar-refractivity contribution in [2.24, 2.45) is 11.3 Å². The first-order chi connectivity index (χ1) is 9.23. The van der Waals surface area contributed by atoms with Crippen LogP contribution in [-0.4, -0.2) is 18.3 Å². The fraction of sp³-hybridized carbons (Fsp3) is 0.625. The smallest absolute Gasteiger partial charge is 0.161 e. The van der Waals surface area contributed by atoms with Crippen molar-refractivity contribution in [2.75, 3.05) is 13.2 Å². The summed E-state index contributed by atoms with van der Waals surface area (Å²) in [4.78, 5) is 0. The van der Waals surface area contributed by atoms with Crippen molar-refractivity contribution in [3.63, 3.8) is 0 Å². The van der Waals surface area contributed by atoms with Crippen molar-refractivity contribution < 1.29 is 9.84 Å². The molecule has 0 aromatic heterocycles. The van der Waals surface area contributed by atoms with E-state index in [-0.39, 0.29) is 5.75 Å². The van der Waals surface area contributed by atoms with Gasteiger partial charge in [-0.25, -0.2) is 0 Å². The Kier molecular flexibility index (Phi) is 3.40. The highest BCUT2D eigenvalue weighted by Gasteiger charge is 2.53. The normalized spacial score (nSPS) is 20.3. The van der Waals surface area contributed by atoms with Gasteiger partial charge in [0.05, 0.1) is 6.61 Å². The van der Waals surface area contributed by atoms with E-state index in [1.165, 1.54) is 31.2 Å². The molecule has 2 saturated carbocycles. The molecule has 0 amide bonds. The number of aromatic hydroxyl groups is 1. The Morgan fingerprint density at radius 3 is 2.79 bits per heavy atom. The van der Waals surface area contributed by atoms with E-state index < -0.39 is 0 Å². The van der Waals surface area contributed by atoms with Crippen LogP contribution in [0.2, 0.25) is 0 Å². The van der Waals surface area contributed by atoms with Gasteiger partial charge < -0.3 is 15.2 Å². The van der Waals surface area contributed by atoms with Crippen LogP contribution in [0.25, 0.3) is 0 Å². The number of ether oxygens (including phenoxy) is 1. The number of hydrogen-bond donors (Lipinski definition) is 2. The third kappa shape index (κ3) is 2.86. The van der Waals surface area contributed by atoms with E-state index in [0.29, 0.717) is 17.8 Å². The van der Waals surface area contributed by atoms with Gasteiger partial charge in [-0.05, 0) is 61.6 Å². The van der Waals surface area contributed by atoms with Crippen LogP contribution in [0.4, 0.5) is 0 Å². The molecule has 0 aliphatic heterocycles. The highest BCUT2D eigenvalue weighted by molar-refractivity contribution is 5.41. The fourth-order valence-corrected chi connectivity index (χ4v) is 2.98. The molecular formula is C16H23NO2. The monoisotopic (exact) mass is 261 g/mol. The number of nitrogens with one attached hydrogen (secondary N) is 1. The Hall–Kier alpha value is -1.22. The van der Waals surface area contributed by atoms with E-state index in [1.54, 1.807) is 6.07 Å². The zero-order chi connectivity index (χ0) is 13.3. The van der Waals surface area contributed by atoms with Gasteiger partial charge in [-0.2, -0.15) is 0 Å². The van der Waals surface area contributed by atoms with Gasteiger partial charge in [0, 0.05) is 13.1 Å². The summed E-state index contributed by atoms with van der Waals surface area (Å²) in [6, 6.07) is 5.61. The molecule has 1 aromatic carbocycles. The second-order valence-electron chi connectivity index (χ2n) is 5.98. The van der Waals surface area contributed by atoms with E-state index >= 15 is 0 Å². The summed E-state index contributed by atoms with van der Waals surface area (Å²) < 4.78 is 5.41. The summed E-state index contributed by atoms with van der Waals surface area (Å²) >= 11 is 0. The highest BCUT2D eigenvalue weighted by Crippen LogP contribution is 2.60. The summed E-state index contributed by atoms with van der Waals surface area (Å²) in [5.41, 5.74) is 1.81. The SMILES string of the molecule is CCOc1cc(CNCC2(C3CC3)CC2)ccc1O. The van der Waals surface area contributed by atoms with Gasteiger partial charge in [0.25, 0.3) is 0 Å². The van der Waals surface area contributed by atoms with Crippen molar-refractivity contribution >= 4 is 0 Å². The maximum atomic E-state index is 9.67. The van der Waals surface area contributed by atoms with Gasteiger partial charge in [-0.1, -0.05) is 6.07 Å². The van der Waals surface area contributed by atoms with Crippen LogP contribution in [-0.2, 0) is 6.54 Å². The number of rotatable bonds is 7. The molecule has 0 bridgehead atoms. The first-order valence-electron chi connectivity index (χ1n) is 7.39. The van der Waals surface area contributed by atoms with Gasteiger partial charge in [0.15, 0.2) is 11.5 Å². The predicted octanol–water partition coefficient (Wildman–Crippen LogP) is 3.07. The molecule has 1 aromatic rings. The van der Waals surface area contributed by atoms with Gasteiger partial charge in [-0.15, -0.1) is 0 Å². The average molecular weight is 261 g/mol. The minimum Gasteiger partial charge on any atom is -0.504 e. The lowest BCUT2D eigenvalue weighted by Crippen LogP contribution is -2.25. The topological polar surface area (TPSA) is 41.5 Å². The first kappa shape index (κ1) is 12.8. The van der Waals surface area contributed by atoms with Crippen LogP contribution in [0.15, 0.2) is 18.2 Å². The van der Waals surface area contributed by atoms with Crippen molar-refractivity contribution in [3.8, 4) is 11.5 Å². The van der Waals surface area contributed by atoms with E-state index in [2.05, 4.69) is 5.32 Å². The molecule has 2 aliphatic carbocycles. The van der Waals surface area contributed by atoms with E-state index in [4.69, 9.17) is 4.74 Å². The summed E-state index contributed by atoms with van der Waals surface area (Å²) in [5, 5.41) is 13.2. The van der Waals surface area contributed by atoms with E-state index in [1.807, 2.05) is 19.1 Å². The summed E-state index contributed by atoms with van der Waals surface area (Å²) in [7, 11) is 0. The van der Waals surface area contributed by atoms with Gasteiger partial charge >= 0.3 is 0 Å². The first-order valence-corrected chi connectivity index (χ1v) is 7.39. The summed E-state index contributed by atoms with van der Waals surface area (Å²) in [6.07, 6.45) is 5.69. The number of phenolic OH excluding ortho intramolecular Hbond substituents is 1. The molecule has 0 radical (unpaired) electrons. The van der Waals surface area contributed by atoms with E-state index in [9.17, 15) is 5.11 Å². The minimum absolute atomic E-state index is 0.224. The number of phenols is 1. The van der Waals surface area contributed by atoms with Crippen LogP contribution < -0.4 is 10.1 Å². The molecule has 19 heavy (non-hydrogen) atoms. The molecule has 0 atom stereocenters. The third-order valence-electron chi connectivity index (χ3n) is 4.47. The van der Waals surface area contributed by atoms with Crippen LogP contribution in [0.5, 0.6) is 11.5 Å². The maximum absolute atomic E-state index is 9.67. The maximum Gasteiger partial charge on any atom is 0.161 e. The molecule has 2 aliphatic rings. The third-order valence-corrected chi connectivity index (χ3v) is 4.47. The van der Waals surface area contributed by atoms with Crippen LogP contribution >= 0.6 is 0 Å². The number of hydrogen-bond acceptors (Lipinski definition) is 3. The molecular weight excluding hydrogens is 238 g/mol. The Bertz CT molecular complexity index is 450. The largest absolute Gasteiger partial charge is 0.504 e. The van der Waals surface area contributed by atoms with Gasteiger partial charge in [0.1, 0.15) is 0 Å². The molecule has 3 heteroatoms. The second kappa shape index (κ2) is 5.04. The quantitative estimate of drug-likeness (QED) is 0.792. The molecule has 0 heterocycles. The van der Waals surface area contributed by atoms with Crippen molar-refractivity contribution in [3.05, 3.63) is 23.8 Å². The molecule has 0 spiro atoms. The van der Waals surface area contributed by atoms with Crippen molar-refractivity contribution in [1.82, 2.24) is 5.32 Å². The lowest BCUT2D eigenvalue weighted by molar-refractivity contribution is 0.317. The van der Waals surface area contributed by atoms with Crippen LogP contribution in [0, 0.1) is 11.3 Å². The molecule has 2 fully saturated rings. The molecule has 3 nitrogen and oxygen atoms in total. The molecule has 104 valence electrons. The predicted molar refractivity (Wildman–Crippen MR) is 75.4 cm³/mol. The Labute approximate surface area is 115 Å². The van der Waals surface area contributed by atoms with Crippen LogP contribution in [0.1, 0.15) is 38.2 Å².